The fourth-order valence-corrected chi connectivity index (χ4v) is 2.96. The van der Waals surface area contributed by atoms with Crippen LogP contribution in [0.15, 0.2) is 53.7 Å². The van der Waals surface area contributed by atoms with Crippen LogP contribution in [0.5, 0.6) is 5.75 Å². The molecule has 0 unspecified atom stereocenters. The van der Waals surface area contributed by atoms with Gasteiger partial charge < -0.3 is 19.4 Å². The maximum atomic E-state index is 12.3. The summed E-state index contributed by atoms with van der Waals surface area (Å²) in [6.45, 7) is 2.83. The highest BCUT2D eigenvalue weighted by atomic mass is 35.5. The zero-order chi connectivity index (χ0) is 19.1. The molecule has 1 aliphatic heterocycles. The van der Waals surface area contributed by atoms with Gasteiger partial charge in [-0.2, -0.15) is 0 Å². The molecule has 6 nitrogen and oxygen atoms in total. The first kappa shape index (κ1) is 19.0. The molecule has 0 aliphatic carbocycles. The van der Waals surface area contributed by atoms with E-state index in [1.54, 1.807) is 30.4 Å². The molecule has 1 heterocycles. The van der Waals surface area contributed by atoms with Crippen molar-refractivity contribution in [3.05, 3.63) is 59.1 Å². The number of carbonyl (C=O) groups excluding carboxylic acids is 1. The SMILES string of the molecule is COc1ccc(N2CCN(C(=O)CO/N=C/c3ccc(Cl)cc3)CC2)cc1. The van der Waals surface area contributed by atoms with E-state index in [0.717, 1.165) is 30.1 Å². The highest BCUT2D eigenvalue weighted by molar-refractivity contribution is 6.30. The van der Waals surface area contributed by atoms with Crippen molar-refractivity contribution < 1.29 is 14.4 Å². The summed E-state index contributed by atoms with van der Waals surface area (Å²) in [6, 6.07) is 15.2. The number of ether oxygens (including phenoxy) is 1. The summed E-state index contributed by atoms with van der Waals surface area (Å²) >= 11 is 5.83. The van der Waals surface area contributed by atoms with Crippen LogP contribution < -0.4 is 9.64 Å². The van der Waals surface area contributed by atoms with E-state index in [-0.39, 0.29) is 12.5 Å². The molecule has 0 atom stereocenters. The number of oxime groups is 1. The van der Waals surface area contributed by atoms with Crippen molar-refractivity contribution in [1.29, 1.82) is 0 Å². The number of benzene rings is 2. The third-order valence-corrected chi connectivity index (χ3v) is 4.66. The van der Waals surface area contributed by atoms with Crippen molar-refractivity contribution in [2.75, 3.05) is 44.8 Å². The lowest BCUT2D eigenvalue weighted by Crippen LogP contribution is -2.49. The molecule has 0 N–H and O–H groups in total. The van der Waals surface area contributed by atoms with Crippen LogP contribution in [-0.2, 0) is 9.63 Å². The highest BCUT2D eigenvalue weighted by Gasteiger charge is 2.21. The Labute approximate surface area is 163 Å². The molecule has 0 saturated carbocycles. The molecular formula is C20H22ClN3O3. The van der Waals surface area contributed by atoms with Crippen LogP contribution in [0.4, 0.5) is 5.69 Å². The largest absolute Gasteiger partial charge is 0.497 e. The van der Waals surface area contributed by atoms with E-state index in [1.165, 1.54) is 0 Å². The van der Waals surface area contributed by atoms with Crippen molar-refractivity contribution in [2.45, 2.75) is 0 Å². The number of amides is 1. The summed E-state index contributed by atoms with van der Waals surface area (Å²) in [5, 5.41) is 4.51. The van der Waals surface area contributed by atoms with Crippen LogP contribution in [0.25, 0.3) is 0 Å². The minimum atomic E-state index is -0.0629. The van der Waals surface area contributed by atoms with E-state index in [9.17, 15) is 4.79 Å². The lowest BCUT2D eigenvalue weighted by atomic mass is 10.2. The van der Waals surface area contributed by atoms with Gasteiger partial charge in [0.25, 0.3) is 5.91 Å². The Bertz CT molecular complexity index is 770. The van der Waals surface area contributed by atoms with Gasteiger partial charge in [0.15, 0.2) is 6.61 Å². The van der Waals surface area contributed by atoms with Gasteiger partial charge in [-0.25, -0.2) is 0 Å². The molecular weight excluding hydrogens is 366 g/mol. The van der Waals surface area contributed by atoms with E-state index in [2.05, 4.69) is 10.1 Å². The molecule has 0 bridgehead atoms. The Morgan fingerprint density at radius 3 is 2.37 bits per heavy atom. The van der Waals surface area contributed by atoms with E-state index in [1.807, 2.05) is 36.4 Å². The number of hydrogen-bond donors (Lipinski definition) is 0. The first-order valence-corrected chi connectivity index (χ1v) is 9.11. The number of methoxy groups -OCH3 is 1. The second-order valence-corrected chi connectivity index (χ2v) is 6.56. The van der Waals surface area contributed by atoms with Crippen LogP contribution in [-0.4, -0.2) is 56.9 Å². The Morgan fingerprint density at radius 1 is 1.07 bits per heavy atom. The smallest absolute Gasteiger partial charge is 0.263 e. The van der Waals surface area contributed by atoms with E-state index < -0.39 is 0 Å². The van der Waals surface area contributed by atoms with Crippen LogP contribution >= 0.6 is 11.6 Å². The molecule has 2 aromatic carbocycles. The van der Waals surface area contributed by atoms with Crippen LogP contribution in [0, 0.1) is 0 Å². The molecule has 1 saturated heterocycles. The lowest BCUT2D eigenvalue weighted by Gasteiger charge is -2.35. The minimum absolute atomic E-state index is 0.0577. The molecule has 7 heteroatoms. The van der Waals surface area contributed by atoms with Crippen molar-refractivity contribution >= 4 is 29.4 Å². The van der Waals surface area contributed by atoms with Gasteiger partial charge in [0.2, 0.25) is 0 Å². The maximum absolute atomic E-state index is 12.3. The number of hydrogen-bond acceptors (Lipinski definition) is 5. The summed E-state index contributed by atoms with van der Waals surface area (Å²) in [4.78, 5) is 21.4. The first-order valence-electron chi connectivity index (χ1n) is 8.73. The second-order valence-electron chi connectivity index (χ2n) is 6.13. The summed E-state index contributed by atoms with van der Waals surface area (Å²) in [7, 11) is 1.65. The fourth-order valence-electron chi connectivity index (χ4n) is 2.84. The maximum Gasteiger partial charge on any atom is 0.263 e. The summed E-state index contributed by atoms with van der Waals surface area (Å²) in [6.07, 6.45) is 1.56. The number of rotatable bonds is 6. The lowest BCUT2D eigenvalue weighted by molar-refractivity contribution is -0.136. The quantitative estimate of drug-likeness (QED) is 0.564. The van der Waals surface area contributed by atoms with Crippen molar-refractivity contribution in [1.82, 2.24) is 4.90 Å². The molecule has 27 heavy (non-hydrogen) atoms. The molecule has 0 spiro atoms. The van der Waals surface area contributed by atoms with Crippen molar-refractivity contribution in [3.63, 3.8) is 0 Å². The summed E-state index contributed by atoms with van der Waals surface area (Å²) in [5.74, 6) is 0.779. The second kappa shape index (κ2) is 9.28. The molecule has 142 valence electrons. The number of nitrogens with zero attached hydrogens (tertiary/aromatic N) is 3. The number of anilines is 1. The monoisotopic (exact) mass is 387 g/mol. The minimum Gasteiger partial charge on any atom is -0.497 e. The van der Waals surface area contributed by atoms with E-state index in [4.69, 9.17) is 21.2 Å². The summed E-state index contributed by atoms with van der Waals surface area (Å²) < 4.78 is 5.18. The highest BCUT2D eigenvalue weighted by Crippen LogP contribution is 2.20. The summed E-state index contributed by atoms with van der Waals surface area (Å²) in [5.41, 5.74) is 1.99. The van der Waals surface area contributed by atoms with Crippen LogP contribution in [0.1, 0.15) is 5.56 Å². The molecule has 1 fully saturated rings. The standard InChI is InChI=1S/C20H22ClN3O3/c1-26-19-8-6-18(7-9-19)23-10-12-24(13-11-23)20(25)15-27-22-14-16-2-4-17(21)5-3-16/h2-9,14H,10-13,15H2,1H3/b22-14+. The molecule has 3 rings (SSSR count). The third kappa shape index (κ3) is 5.37. The Balaban J connectivity index is 1.42. The third-order valence-electron chi connectivity index (χ3n) is 4.40. The fraction of sp³-hybridized carbons (Fsp3) is 0.300. The predicted molar refractivity (Wildman–Crippen MR) is 107 cm³/mol. The van der Waals surface area contributed by atoms with Gasteiger partial charge in [-0.3, -0.25) is 4.79 Å². The zero-order valence-electron chi connectivity index (χ0n) is 15.2. The molecule has 0 radical (unpaired) electrons. The Hall–Kier alpha value is -2.73. The molecule has 1 amide bonds. The topological polar surface area (TPSA) is 54.4 Å². The average molecular weight is 388 g/mol. The van der Waals surface area contributed by atoms with Gasteiger partial charge in [-0.1, -0.05) is 28.9 Å². The predicted octanol–water partition coefficient (Wildman–Crippen LogP) is 3.05. The van der Waals surface area contributed by atoms with Gasteiger partial charge >= 0.3 is 0 Å². The first-order chi connectivity index (χ1) is 13.2. The van der Waals surface area contributed by atoms with Gasteiger partial charge in [-0.15, -0.1) is 0 Å². The van der Waals surface area contributed by atoms with Crippen molar-refractivity contribution in [2.24, 2.45) is 5.16 Å². The zero-order valence-corrected chi connectivity index (χ0v) is 15.9. The Kier molecular flexibility index (Phi) is 6.54. The number of halogens is 1. The Morgan fingerprint density at radius 2 is 1.74 bits per heavy atom. The van der Waals surface area contributed by atoms with Crippen molar-refractivity contribution in [3.8, 4) is 5.75 Å². The number of piperazine rings is 1. The molecule has 1 aliphatic rings. The molecule has 2 aromatic rings. The average Bonchev–Trinajstić information content (AvgIpc) is 2.72. The van der Waals surface area contributed by atoms with Gasteiger partial charge in [0, 0.05) is 36.9 Å². The van der Waals surface area contributed by atoms with Crippen LogP contribution in [0.3, 0.4) is 0 Å². The van der Waals surface area contributed by atoms with E-state index >= 15 is 0 Å². The van der Waals surface area contributed by atoms with E-state index in [0.29, 0.717) is 18.1 Å². The normalized spacial score (nSPS) is 14.4. The number of carbonyl (C=O) groups is 1. The van der Waals surface area contributed by atoms with Gasteiger partial charge in [-0.05, 0) is 42.0 Å². The van der Waals surface area contributed by atoms with Gasteiger partial charge in [0.1, 0.15) is 5.75 Å². The van der Waals surface area contributed by atoms with Crippen LogP contribution in [0.2, 0.25) is 5.02 Å². The van der Waals surface area contributed by atoms with Gasteiger partial charge in [0.05, 0.1) is 13.3 Å². The molecule has 0 aromatic heterocycles.